The van der Waals surface area contributed by atoms with E-state index in [9.17, 15) is 18.8 Å². The summed E-state index contributed by atoms with van der Waals surface area (Å²) >= 11 is 3.08. The van der Waals surface area contributed by atoms with Crippen molar-refractivity contribution in [2.24, 2.45) is 11.1 Å². The number of rotatable bonds is 7. The molecule has 45 heavy (non-hydrogen) atoms. The number of allylic oxidation sites excluding steroid dienone is 1. The average Bonchev–Trinajstić information content (AvgIpc) is 3.32. The molecule has 1 aromatic carbocycles. The molecule has 2 fully saturated rings. The summed E-state index contributed by atoms with van der Waals surface area (Å²) in [7, 11) is 0. The number of nitrogens with two attached hydrogens (primary N) is 1. The Hall–Kier alpha value is -4.45. The van der Waals surface area contributed by atoms with Crippen molar-refractivity contribution >= 4 is 56.3 Å². The number of hydrogen-bond acceptors (Lipinski definition) is 7. The first-order chi connectivity index (χ1) is 21.3. The van der Waals surface area contributed by atoms with Crippen LogP contribution in [0.2, 0.25) is 0 Å². The van der Waals surface area contributed by atoms with Gasteiger partial charge in [-0.3, -0.25) is 14.4 Å². The second kappa shape index (κ2) is 11.2. The molecule has 10 nitrogen and oxygen atoms in total. The minimum absolute atomic E-state index is 0.000209. The third-order valence-corrected chi connectivity index (χ3v) is 9.36. The number of halogens is 2. The van der Waals surface area contributed by atoms with E-state index in [1.807, 2.05) is 19.1 Å². The number of amides is 2. The van der Waals surface area contributed by atoms with Crippen LogP contribution in [0.1, 0.15) is 60.9 Å². The molecule has 0 bridgehead atoms. The van der Waals surface area contributed by atoms with Gasteiger partial charge in [-0.15, -0.1) is 0 Å². The van der Waals surface area contributed by atoms with Crippen molar-refractivity contribution in [2.45, 2.75) is 66.1 Å². The molecule has 3 N–H and O–H groups in total. The molecular weight excluding hydrogens is 641 g/mol. The maximum Gasteiger partial charge on any atom is 0.248 e. The molecule has 2 aliphatic rings. The van der Waals surface area contributed by atoms with E-state index in [0.29, 0.717) is 29.1 Å². The van der Waals surface area contributed by atoms with Gasteiger partial charge in [0.25, 0.3) is 0 Å². The minimum atomic E-state index is -0.700. The number of aryl methyl sites for hydroxylation is 2. The van der Waals surface area contributed by atoms with E-state index < -0.39 is 11.9 Å². The highest BCUT2D eigenvalue weighted by Gasteiger charge is 2.64. The zero-order valence-electron chi connectivity index (χ0n) is 25.6. The lowest BCUT2D eigenvalue weighted by molar-refractivity contribution is -0.138. The van der Waals surface area contributed by atoms with E-state index in [0.717, 1.165) is 34.0 Å². The highest BCUT2D eigenvalue weighted by atomic mass is 79.9. The van der Waals surface area contributed by atoms with Crippen LogP contribution in [0.4, 0.5) is 10.2 Å². The molecule has 232 valence electrons. The Morgan fingerprint density at radius 3 is 2.49 bits per heavy atom. The van der Waals surface area contributed by atoms with E-state index in [1.165, 1.54) is 13.0 Å². The van der Waals surface area contributed by atoms with Crippen LogP contribution in [-0.4, -0.2) is 54.1 Å². The summed E-state index contributed by atoms with van der Waals surface area (Å²) < 4.78 is 15.7. The molecule has 4 heterocycles. The minimum Gasteiger partial charge on any atom is -0.402 e. The number of anilines is 1. The first kappa shape index (κ1) is 30.6. The molecule has 0 spiro atoms. The standard InChI is InChI=1S/C33H33BrFN7O3/c1-16-6-20(21-12-37-27(38-13-21)8-18(3)36)9-22-23(19(4)43)14-41(29(16)22)15-28(44)42-25(10-33(5)11-26(33)42)32(45)40-31-17(2)7-24(35)30(34)39-31/h6-9,12-14,25-26H,10-11,15,36H2,1-5H3,(H,39,40,45)/b18-8-/t25-,26+,33-/m0/s1. The maximum atomic E-state index is 14.0. The number of ketones is 1. The first-order valence-electron chi connectivity index (χ1n) is 14.6. The van der Waals surface area contributed by atoms with Gasteiger partial charge in [-0.25, -0.2) is 19.3 Å². The van der Waals surface area contributed by atoms with Gasteiger partial charge in [-0.1, -0.05) is 6.92 Å². The van der Waals surface area contributed by atoms with Gasteiger partial charge in [0.15, 0.2) is 17.4 Å². The smallest absolute Gasteiger partial charge is 0.248 e. The molecule has 0 radical (unpaired) electrons. The van der Waals surface area contributed by atoms with Crippen LogP contribution in [0.25, 0.3) is 28.1 Å². The number of pyridine rings is 1. The molecule has 4 aromatic rings. The number of fused-ring (bicyclic) bond motifs is 2. The Kier molecular flexibility index (Phi) is 7.59. The van der Waals surface area contributed by atoms with Crippen LogP contribution in [0.15, 0.2) is 47.1 Å². The zero-order valence-corrected chi connectivity index (χ0v) is 27.2. The van der Waals surface area contributed by atoms with Gasteiger partial charge in [0.05, 0.1) is 5.52 Å². The van der Waals surface area contributed by atoms with Crippen molar-refractivity contribution in [3.8, 4) is 11.1 Å². The van der Waals surface area contributed by atoms with E-state index in [2.05, 4.69) is 43.1 Å². The van der Waals surface area contributed by atoms with Gasteiger partial charge >= 0.3 is 0 Å². The lowest BCUT2D eigenvalue weighted by Crippen LogP contribution is -2.46. The number of nitrogens with one attached hydrogen (secondary N) is 1. The summed E-state index contributed by atoms with van der Waals surface area (Å²) in [5.41, 5.74) is 10.4. The number of nitrogens with zero attached hydrogens (tertiary/aromatic N) is 5. The molecule has 3 aromatic heterocycles. The van der Waals surface area contributed by atoms with Gasteiger partial charge in [0.2, 0.25) is 11.8 Å². The van der Waals surface area contributed by atoms with Crippen molar-refractivity contribution in [1.82, 2.24) is 24.4 Å². The fourth-order valence-electron chi connectivity index (χ4n) is 6.47. The van der Waals surface area contributed by atoms with Crippen LogP contribution in [-0.2, 0) is 16.1 Å². The van der Waals surface area contributed by atoms with Crippen molar-refractivity contribution in [3.63, 3.8) is 0 Å². The Morgan fingerprint density at radius 1 is 1.11 bits per heavy atom. The molecule has 1 aliphatic carbocycles. The SMILES string of the molecule is CC(=O)c1cn(CC(=O)N2[C@H](C(=O)Nc3nc(Br)c(F)cc3C)C[C@@]3(C)C[C@@H]23)c2c(C)cc(-c3cnc(/C=C(/C)N)nc3)cc12. The molecule has 3 atom stereocenters. The highest BCUT2D eigenvalue weighted by Crippen LogP contribution is 2.59. The fraction of sp³-hybridized carbons (Fsp3) is 0.333. The Bertz CT molecular complexity index is 1930. The van der Waals surface area contributed by atoms with Gasteiger partial charge in [0.1, 0.15) is 23.0 Å². The molecule has 2 amide bonds. The number of carbonyl (C=O) groups excluding carboxylic acids is 3. The molecule has 0 unspecified atom stereocenters. The van der Waals surface area contributed by atoms with Crippen LogP contribution in [0.5, 0.6) is 0 Å². The van der Waals surface area contributed by atoms with Gasteiger partial charge in [-0.05, 0) is 96.8 Å². The summed E-state index contributed by atoms with van der Waals surface area (Å²) in [5, 5.41) is 3.53. The van der Waals surface area contributed by atoms with E-state index in [4.69, 9.17) is 5.73 Å². The highest BCUT2D eigenvalue weighted by molar-refractivity contribution is 9.10. The average molecular weight is 675 g/mol. The van der Waals surface area contributed by atoms with Crippen molar-refractivity contribution in [3.05, 3.63) is 75.4 Å². The summed E-state index contributed by atoms with van der Waals surface area (Å²) in [6.07, 6.45) is 8.16. The molecule has 1 saturated heterocycles. The summed E-state index contributed by atoms with van der Waals surface area (Å²) in [5.74, 6) is -0.480. The fourth-order valence-corrected chi connectivity index (χ4v) is 6.76. The summed E-state index contributed by atoms with van der Waals surface area (Å²) in [6, 6.07) is 4.44. The summed E-state index contributed by atoms with van der Waals surface area (Å²) in [6.45, 7) is 8.91. The van der Waals surface area contributed by atoms with Gasteiger partial charge < -0.3 is 20.5 Å². The molecule has 1 aliphatic heterocycles. The summed E-state index contributed by atoms with van der Waals surface area (Å²) in [4.78, 5) is 54.9. The molecule has 1 saturated carbocycles. The van der Waals surface area contributed by atoms with E-state index in [1.54, 1.807) is 48.0 Å². The van der Waals surface area contributed by atoms with Crippen molar-refractivity contribution in [1.29, 1.82) is 0 Å². The number of benzene rings is 1. The maximum absolute atomic E-state index is 14.0. The predicted molar refractivity (Wildman–Crippen MR) is 173 cm³/mol. The molecule has 6 rings (SSSR count). The third-order valence-electron chi connectivity index (χ3n) is 8.80. The van der Waals surface area contributed by atoms with Gasteiger partial charge in [0, 0.05) is 52.9 Å². The Labute approximate surface area is 268 Å². The monoisotopic (exact) mass is 673 g/mol. The number of piperidine rings is 1. The van der Waals surface area contributed by atoms with Crippen LogP contribution < -0.4 is 11.1 Å². The normalized spacial score (nSPS) is 20.8. The van der Waals surface area contributed by atoms with Gasteiger partial charge in [-0.2, -0.15) is 0 Å². The number of carbonyl (C=O) groups is 3. The third kappa shape index (κ3) is 5.63. The second-order valence-electron chi connectivity index (χ2n) is 12.4. The van der Waals surface area contributed by atoms with Crippen molar-refractivity contribution in [2.75, 3.05) is 5.32 Å². The van der Waals surface area contributed by atoms with E-state index >= 15 is 0 Å². The van der Waals surface area contributed by atoms with Crippen LogP contribution >= 0.6 is 15.9 Å². The zero-order chi connectivity index (χ0) is 32.4. The van der Waals surface area contributed by atoms with Crippen LogP contribution in [0, 0.1) is 25.1 Å². The number of Topliss-reactive ketones (excluding diaryl/α,β-unsaturated/α-hetero) is 1. The quantitative estimate of drug-likeness (QED) is 0.194. The van der Waals surface area contributed by atoms with Crippen molar-refractivity contribution < 1.29 is 18.8 Å². The lowest BCUT2D eigenvalue weighted by Gasteiger charge is -2.27. The lowest BCUT2D eigenvalue weighted by atomic mass is 10.0. The predicted octanol–water partition coefficient (Wildman–Crippen LogP) is 5.55. The number of aromatic nitrogens is 4. The number of hydrogen-bond donors (Lipinski definition) is 2. The molecule has 12 heteroatoms. The Balaban J connectivity index is 1.30. The molecular formula is C33H33BrFN7O3. The number of likely N-dealkylation sites (tertiary alicyclic amines) is 1. The second-order valence-corrected chi connectivity index (χ2v) is 13.2. The first-order valence-corrected chi connectivity index (χ1v) is 15.4. The topological polar surface area (TPSA) is 136 Å². The van der Waals surface area contributed by atoms with Crippen LogP contribution in [0.3, 0.4) is 0 Å². The largest absolute Gasteiger partial charge is 0.402 e. The van der Waals surface area contributed by atoms with E-state index in [-0.39, 0.29) is 46.0 Å². The Morgan fingerprint density at radius 2 is 1.82 bits per heavy atom.